The fourth-order valence-corrected chi connectivity index (χ4v) is 0. The summed E-state index contributed by atoms with van der Waals surface area (Å²) in [5.74, 6) is 0. The summed E-state index contributed by atoms with van der Waals surface area (Å²) in [6.45, 7) is 4.36. The van der Waals surface area contributed by atoms with Crippen molar-refractivity contribution in [3.05, 3.63) is 0 Å². The summed E-state index contributed by atoms with van der Waals surface area (Å²) in [5.41, 5.74) is 0. The van der Waals surface area contributed by atoms with Crippen LogP contribution in [0.25, 0.3) is 0 Å². The molecule has 0 rings (SSSR count). The zero-order valence-corrected chi connectivity index (χ0v) is 7.24. The van der Waals surface area contributed by atoms with Gasteiger partial charge in [0.25, 0.3) is 0 Å². The highest BCUT2D eigenvalue weighted by Crippen LogP contribution is 1.93. The number of hydrogen-bond donors (Lipinski definition) is 0. The van der Waals surface area contributed by atoms with Crippen LogP contribution in [0.2, 0.25) is 0 Å². The van der Waals surface area contributed by atoms with Crippen LogP contribution in [0.5, 0.6) is 0 Å². The Morgan fingerprint density at radius 2 is 1.56 bits per heavy atom. The quantitative estimate of drug-likeness (QED) is 0.461. The van der Waals surface area contributed by atoms with Crippen molar-refractivity contribution in [1.29, 1.82) is 0 Å². The van der Waals surface area contributed by atoms with E-state index in [4.69, 9.17) is 23.2 Å². The highest BCUT2D eigenvalue weighted by molar-refractivity contribution is 6.51. The maximum Gasteiger partial charge on any atom is 0.162 e. The molecule has 0 aliphatic heterocycles. The molecule has 0 radical (unpaired) electrons. The Kier molecular flexibility index (Phi) is 14.8. The van der Waals surface area contributed by atoms with E-state index < -0.39 is 4.84 Å². The SMILES string of the molecule is CCCC.O=CC(Cl)Cl. The molecular formula is C6H12Cl2O. The molecule has 3 heteroatoms. The molecule has 0 saturated carbocycles. The molecule has 0 spiro atoms. The predicted molar refractivity (Wildman–Crippen MR) is 42.1 cm³/mol. The van der Waals surface area contributed by atoms with E-state index in [1.165, 1.54) is 12.8 Å². The summed E-state index contributed by atoms with van der Waals surface area (Å²) in [7, 11) is 0. The van der Waals surface area contributed by atoms with Gasteiger partial charge in [0.15, 0.2) is 11.1 Å². The van der Waals surface area contributed by atoms with E-state index in [0.29, 0.717) is 6.29 Å². The number of carbonyl (C=O) groups is 1. The third kappa shape index (κ3) is 30.5. The van der Waals surface area contributed by atoms with Gasteiger partial charge in [-0.2, -0.15) is 0 Å². The van der Waals surface area contributed by atoms with Gasteiger partial charge in [0.1, 0.15) is 0 Å². The second-order valence-electron chi connectivity index (χ2n) is 1.47. The first kappa shape index (κ1) is 12.0. The topological polar surface area (TPSA) is 17.1 Å². The van der Waals surface area contributed by atoms with Crippen LogP contribution >= 0.6 is 23.2 Å². The molecule has 9 heavy (non-hydrogen) atoms. The summed E-state index contributed by atoms with van der Waals surface area (Å²) in [6, 6.07) is 0. The molecule has 0 amide bonds. The van der Waals surface area contributed by atoms with E-state index in [-0.39, 0.29) is 0 Å². The summed E-state index contributed by atoms with van der Waals surface area (Å²) in [5, 5.41) is 0. The van der Waals surface area contributed by atoms with Crippen LogP contribution in [0.1, 0.15) is 26.7 Å². The smallest absolute Gasteiger partial charge is 0.162 e. The molecule has 0 saturated heterocycles. The predicted octanol–water partition coefficient (Wildman–Crippen LogP) is 2.80. The van der Waals surface area contributed by atoms with E-state index in [2.05, 4.69) is 13.8 Å². The molecule has 56 valence electrons. The molecule has 0 unspecified atom stereocenters. The van der Waals surface area contributed by atoms with Gasteiger partial charge in [-0.15, -0.1) is 0 Å². The van der Waals surface area contributed by atoms with E-state index in [1.54, 1.807) is 0 Å². The summed E-state index contributed by atoms with van der Waals surface area (Å²) in [4.78, 5) is 8.39. The zero-order chi connectivity index (χ0) is 7.70. The van der Waals surface area contributed by atoms with Crippen LogP contribution in [0, 0.1) is 0 Å². The Bertz CT molecular complexity index is 53.0. The molecule has 0 aromatic heterocycles. The number of rotatable bonds is 2. The van der Waals surface area contributed by atoms with Gasteiger partial charge >= 0.3 is 0 Å². The number of unbranched alkanes of at least 4 members (excludes halogenated alkanes) is 1. The summed E-state index contributed by atoms with van der Waals surface area (Å²) >= 11 is 9.72. The molecule has 0 bridgehead atoms. The number of alkyl halides is 2. The largest absolute Gasteiger partial charge is 0.300 e. The monoisotopic (exact) mass is 170 g/mol. The maximum atomic E-state index is 9.24. The molecule has 0 heterocycles. The van der Waals surface area contributed by atoms with Gasteiger partial charge in [-0.3, -0.25) is 0 Å². The van der Waals surface area contributed by atoms with Crippen LogP contribution in [0.4, 0.5) is 0 Å². The van der Waals surface area contributed by atoms with Crippen molar-refractivity contribution in [1.82, 2.24) is 0 Å². The molecular weight excluding hydrogens is 159 g/mol. The van der Waals surface area contributed by atoms with Gasteiger partial charge in [-0.1, -0.05) is 49.9 Å². The fourth-order valence-electron chi connectivity index (χ4n) is 0. The normalized spacial score (nSPS) is 8.11. The molecule has 0 fully saturated rings. The minimum Gasteiger partial charge on any atom is -0.300 e. The molecule has 0 aliphatic rings. The zero-order valence-electron chi connectivity index (χ0n) is 5.73. The molecule has 0 N–H and O–H groups in total. The Hall–Kier alpha value is 0.250. The van der Waals surface area contributed by atoms with Gasteiger partial charge in [-0.25, -0.2) is 0 Å². The van der Waals surface area contributed by atoms with Gasteiger partial charge in [0, 0.05) is 0 Å². The number of hydrogen-bond acceptors (Lipinski definition) is 1. The average molecular weight is 171 g/mol. The first-order valence-corrected chi connectivity index (χ1v) is 3.79. The lowest BCUT2D eigenvalue weighted by molar-refractivity contribution is -0.106. The average Bonchev–Trinajstić information content (AvgIpc) is 1.89. The fraction of sp³-hybridized carbons (Fsp3) is 0.833. The Morgan fingerprint density at radius 1 is 1.33 bits per heavy atom. The first-order valence-electron chi connectivity index (χ1n) is 2.92. The highest BCUT2D eigenvalue weighted by atomic mass is 35.5. The summed E-state index contributed by atoms with van der Waals surface area (Å²) < 4.78 is 0. The van der Waals surface area contributed by atoms with Crippen LogP contribution in [-0.2, 0) is 4.79 Å². The highest BCUT2D eigenvalue weighted by Gasteiger charge is 1.86. The van der Waals surface area contributed by atoms with Crippen molar-refractivity contribution in [2.75, 3.05) is 0 Å². The first-order chi connectivity index (χ1) is 4.18. The lowest BCUT2D eigenvalue weighted by Gasteiger charge is -1.72. The number of aldehydes is 1. The molecule has 0 aliphatic carbocycles. The minimum atomic E-state index is -0.852. The van der Waals surface area contributed by atoms with Crippen LogP contribution in [0.15, 0.2) is 0 Å². The molecule has 0 aromatic rings. The van der Waals surface area contributed by atoms with Crippen molar-refractivity contribution >= 4 is 29.5 Å². The Morgan fingerprint density at radius 3 is 1.56 bits per heavy atom. The second kappa shape index (κ2) is 11.1. The van der Waals surface area contributed by atoms with Crippen LogP contribution in [0.3, 0.4) is 0 Å². The summed E-state index contributed by atoms with van der Waals surface area (Å²) in [6.07, 6.45) is 3.09. The lowest BCUT2D eigenvalue weighted by atomic mass is 10.4. The van der Waals surface area contributed by atoms with Gasteiger partial charge < -0.3 is 4.79 Å². The van der Waals surface area contributed by atoms with Crippen molar-refractivity contribution in [2.24, 2.45) is 0 Å². The Balaban J connectivity index is 0. The van der Waals surface area contributed by atoms with Crippen LogP contribution in [-0.4, -0.2) is 11.1 Å². The standard InChI is InChI=1S/C4H10.C2H2Cl2O/c1-3-4-2;3-2(4)1-5/h3-4H2,1-2H3;1-2H. The van der Waals surface area contributed by atoms with E-state index in [1.807, 2.05) is 0 Å². The lowest BCUT2D eigenvalue weighted by Crippen LogP contribution is -1.81. The van der Waals surface area contributed by atoms with Crippen molar-refractivity contribution in [3.8, 4) is 0 Å². The van der Waals surface area contributed by atoms with Crippen molar-refractivity contribution in [2.45, 2.75) is 31.5 Å². The van der Waals surface area contributed by atoms with Crippen molar-refractivity contribution in [3.63, 3.8) is 0 Å². The third-order valence-corrected chi connectivity index (χ3v) is 0.809. The molecule has 0 atom stereocenters. The van der Waals surface area contributed by atoms with Crippen molar-refractivity contribution < 1.29 is 4.79 Å². The maximum absolute atomic E-state index is 9.24. The van der Waals surface area contributed by atoms with E-state index in [0.717, 1.165) is 0 Å². The number of halogens is 2. The van der Waals surface area contributed by atoms with Gasteiger partial charge in [0.2, 0.25) is 0 Å². The van der Waals surface area contributed by atoms with Crippen LogP contribution < -0.4 is 0 Å². The second-order valence-corrected chi connectivity index (χ2v) is 2.63. The third-order valence-electron chi connectivity index (χ3n) is 0.603. The van der Waals surface area contributed by atoms with Gasteiger partial charge in [0.05, 0.1) is 0 Å². The minimum absolute atomic E-state index is 0.448. The van der Waals surface area contributed by atoms with Gasteiger partial charge in [-0.05, 0) is 0 Å². The van der Waals surface area contributed by atoms with E-state index in [9.17, 15) is 4.79 Å². The molecule has 1 nitrogen and oxygen atoms in total. The molecule has 0 aromatic carbocycles. The Labute approximate surface area is 66.3 Å². The van der Waals surface area contributed by atoms with E-state index >= 15 is 0 Å². The number of carbonyl (C=O) groups excluding carboxylic acids is 1.